The molecule has 0 radical (unpaired) electrons. The van der Waals surface area contributed by atoms with Crippen molar-refractivity contribution in [1.82, 2.24) is 0 Å². The molecule has 1 heterocycles. The summed E-state index contributed by atoms with van der Waals surface area (Å²) in [6.45, 7) is 7.81. The zero-order chi connectivity index (χ0) is 18.6. The van der Waals surface area contributed by atoms with Gasteiger partial charge in [0, 0.05) is 22.7 Å². The first-order valence-electron chi connectivity index (χ1n) is 9.08. The van der Waals surface area contributed by atoms with E-state index in [1.807, 2.05) is 76.2 Å². The molecule has 0 saturated heterocycles. The molecule has 0 aliphatic carbocycles. The Bertz CT molecular complexity index is 1000. The Morgan fingerprint density at radius 2 is 1.73 bits per heavy atom. The topological polar surface area (TPSA) is 32.3 Å². The van der Waals surface area contributed by atoms with E-state index in [4.69, 9.17) is 0 Å². The molecular weight excluding hydrogens is 325 g/mol. The van der Waals surface area contributed by atoms with Gasteiger partial charge in [0.2, 0.25) is 0 Å². The number of hydrogen-bond acceptors (Lipinski definition) is 2. The summed E-state index contributed by atoms with van der Waals surface area (Å²) in [6, 6.07) is 15.9. The molecule has 0 amide bonds. The minimum absolute atomic E-state index is 0.239. The number of aryl methyl sites for hydroxylation is 1. The second-order valence-corrected chi connectivity index (χ2v) is 7.95. The number of halogens is 1. The van der Waals surface area contributed by atoms with E-state index < -0.39 is 11.6 Å². The predicted octanol–water partition coefficient (Wildman–Crippen LogP) is 5.62. The van der Waals surface area contributed by atoms with E-state index in [2.05, 4.69) is 5.32 Å². The minimum atomic E-state index is -0.660. The number of rotatable bonds is 1. The van der Waals surface area contributed by atoms with Crippen LogP contribution >= 0.6 is 0 Å². The van der Waals surface area contributed by atoms with Crippen molar-refractivity contribution >= 4 is 16.5 Å². The Balaban J connectivity index is 2.00. The molecular formula is C23H24FNO. The van der Waals surface area contributed by atoms with Gasteiger partial charge in [-0.15, -0.1) is 0 Å². The summed E-state index contributed by atoms with van der Waals surface area (Å²) in [6.07, 6.45) is -0.660. The van der Waals surface area contributed by atoms with Crippen molar-refractivity contribution in [1.29, 1.82) is 0 Å². The quantitative estimate of drug-likeness (QED) is 0.597. The van der Waals surface area contributed by atoms with E-state index in [1.165, 1.54) is 0 Å². The van der Waals surface area contributed by atoms with Crippen LogP contribution in [0, 0.1) is 12.7 Å². The van der Waals surface area contributed by atoms with Crippen molar-refractivity contribution in [2.45, 2.75) is 45.3 Å². The number of hydrogen-bond donors (Lipinski definition) is 2. The highest BCUT2D eigenvalue weighted by Crippen LogP contribution is 2.45. The first kappa shape index (κ1) is 17.0. The van der Waals surface area contributed by atoms with Crippen LogP contribution in [0.5, 0.6) is 0 Å². The van der Waals surface area contributed by atoms with E-state index in [9.17, 15) is 5.11 Å². The molecule has 26 heavy (non-hydrogen) atoms. The maximum Gasteiger partial charge on any atom is 0.136 e. The summed E-state index contributed by atoms with van der Waals surface area (Å²) >= 11 is 0. The maximum atomic E-state index is 15.7. The molecule has 134 valence electrons. The smallest absolute Gasteiger partial charge is 0.136 e. The first-order valence-corrected chi connectivity index (χ1v) is 9.08. The fourth-order valence-corrected chi connectivity index (χ4v) is 4.25. The van der Waals surface area contributed by atoms with E-state index in [-0.39, 0.29) is 11.7 Å². The highest BCUT2D eigenvalue weighted by molar-refractivity contribution is 5.97. The first-order chi connectivity index (χ1) is 12.3. The lowest BCUT2D eigenvalue weighted by atomic mass is 9.77. The van der Waals surface area contributed by atoms with Crippen molar-refractivity contribution < 1.29 is 9.50 Å². The summed E-state index contributed by atoms with van der Waals surface area (Å²) in [5, 5.41) is 16.1. The number of anilines is 1. The Morgan fingerprint density at radius 1 is 1.04 bits per heavy atom. The van der Waals surface area contributed by atoms with Gasteiger partial charge in [0.05, 0.1) is 11.6 Å². The fourth-order valence-electron chi connectivity index (χ4n) is 4.25. The van der Waals surface area contributed by atoms with Crippen LogP contribution < -0.4 is 5.32 Å². The number of benzene rings is 3. The second kappa shape index (κ2) is 5.82. The SMILES string of the molecule is Cc1cc(-c2cccc3ccccc23)c(F)c2c1NC(C)(C)C(O)C2C. The van der Waals surface area contributed by atoms with Gasteiger partial charge in [-0.05, 0) is 48.7 Å². The number of aliphatic hydroxyl groups excluding tert-OH is 1. The van der Waals surface area contributed by atoms with Crippen molar-refractivity contribution in [2.75, 3.05) is 5.32 Å². The molecule has 2 N–H and O–H groups in total. The van der Waals surface area contributed by atoms with Gasteiger partial charge < -0.3 is 10.4 Å². The van der Waals surface area contributed by atoms with E-state index in [0.29, 0.717) is 11.1 Å². The fraction of sp³-hybridized carbons (Fsp3) is 0.304. The molecule has 1 aliphatic heterocycles. The van der Waals surface area contributed by atoms with Gasteiger partial charge >= 0.3 is 0 Å². The van der Waals surface area contributed by atoms with Crippen molar-refractivity contribution in [2.24, 2.45) is 0 Å². The molecule has 0 aromatic heterocycles. The van der Waals surface area contributed by atoms with Crippen LogP contribution in [0.2, 0.25) is 0 Å². The van der Waals surface area contributed by atoms with E-state index in [1.54, 1.807) is 0 Å². The zero-order valence-electron chi connectivity index (χ0n) is 15.6. The molecule has 2 atom stereocenters. The Kier molecular flexibility index (Phi) is 3.81. The van der Waals surface area contributed by atoms with Crippen LogP contribution in [-0.2, 0) is 0 Å². The minimum Gasteiger partial charge on any atom is -0.390 e. The van der Waals surface area contributed by atoms with Crippen molar-refractivity contribution in [3.8, 4) is 11.1 Å². The molecule has 4 rings (SSSR count). The normalized spacial score (nSPS) is 21.3. The molecule has 0 spiro atoms. The summed E-state index contributed by atoms with van der Waals surface area (Å²) < 4.78 is 15.7. The summed E-state index contributed by atoms with van der Waals surface area (Å²) in [4.78, 5) is 0. The average molecular weight is 349 g/mol. The lowest BCUT2D eigenvalue weighted by Crippen LogP contribution is -2.50. The average Bonchev–Trinajstić information content (AvgIpc) is 2.62. The van der Waals surface area contributed by atoms with Crippen molar-refractivity contribution in [3.63, 3.8) is 0 Å². The largest absolute Gasteiger partial charge is 0.390 e. The van der Waals surface area contributed by atoms with Gasteiger partial charge in [0.1, 0.15) is 5.82 Å². The van der Waals surface area contributed by atoms with E-state index in [0.717, 1.165) is 27.6 Å². The Morgan fingerprint density at radius 3 is 2.50 bits per heavy atom. The van der Waals surface area contributed by atoms with Gasteiger partial charge in [-0.3, -0.25) is 0 Å². The van der Waals surface area contributed by atoms with Crippen LogP contribution in [0.15, 0.2) is 48.5 Å². The van der Waals surface area contributed by atoms with Crippen LogP contribution in [-0.4, -0.2) is 16.7 Å². The molecule has 1 aliphatic rings. The maximum absolute atomic E-state index is 15.7. The monoisotopic (exact) mass is 349 g/mol. The molecule has 3 aromatic rings. The van der Waals surface area contributed by atoms with Crippen molar-refractivity contribution in [3.05, 3.63) is 65.5 Å². The van der Waals surface area contributed by atoms with Gasteiger partial charge in [-0.25, -0.2) is 4.39 Å². The van der Waals surface area contributed by atoms with Gasteiger partial charge in [-0.2, -0.15) is 0 Å². The molecule has 3 heteroatoms. The third-order valence-electron chi connectivity index (χ3n) is 5.69. The predicted molar refractivity (Wildman–Crippen MR) is 106 cm³/mol. The molecule has 2 unspecified atom stereocenters. The molecule has 0 fully saturated rings. The Hall–Kier alpha value is -2.39. The lowest BCUT2D eigenvalue weighted by Gasteiger charge is -2.43. The summed E-state index contributed by atoms with van der Waals surface area (Å²) in [5.41, 5.74) is 3.38. The molecule has 0 saturated carbocycles. The number of aliphatic hydroxyl groups is 1. The molecule has 2 nitrogen and oxygen atoms in total. The number of nitrogens with one attached hydrogen (secondary N) is 1. The van der Waals surface area contributed by atoms with Crippen LogP contribution in [0.3, 0.4) is 0 Å². The highest BCUT2D eigenvalue weighted by atomic mass is 19.1. The zero-order valence-corrected chi connectivity index (χ0v) is 15.6. The third kappa shape index (κ3) is 2.42. The van der Waals surface area contributed by atoms with Crippen LogP contribution in [0.4, 0.5) is 10.1 Å². The third-order valence-corrected chi connectivity index (χ3v) is 5.69. The summed E-state index contributed by atoms with van der Waals surface area (Å²) in [7, 11) is 0. The van der Waals surface area contributed by atoms with Gasteiger partial charge in [-0.1, -0.05) is 49.4 Å². The standard InChI is InChI=1S/C23H24FNO/c1-13-12-18(17-11-7-9-15-8-5-6-10-16(15)17)20(24)19-14(2)22(26)23(3,4)25-21(13)19/h5-12,14,22,25-26H,1-4H3. The second-order valence-electron chi connectivity index (χ2n) is 7.95. The Labute approximate surface area is 153 Å². The molecule has 3 aromatic carbocycles. The van der Waals surface area contributed by atoms with Gasteiger partial charge in [0.25, 0.3) is 0 Å². The van der Waals surface area contributed by atoms with Crippen LogP contribution in [0.1, 0.15) is 37.8 Å². The van der Waals surface area contributed by atoms with E-state index >= 15 is 4.39 Å². The number of fused-ring (bicyclic) bond motifs is 2. The lowest BCUT2D eigenvalue weighted by molar-refractivity contribution is 0.0855. The molecule has 0 bridgehead atoms. The van der Waals surface area contributed by atoms with Crippen LogP contribution in [0.25, 0.3) is 21.9 Å². The highest BCUT2D eigenvalue weighted by Gasteiger charge is 2.41. The van der Waals surface area contributed by atoms with Gasteiger partial charge in [0.15, 0.2) is 0 Å². The summed E-state index contributed by atoms with van der Waals surface area (Å²) in [5.74, 6) is -0.522.